The average Bonchev–Trinajstić information content (AvgIpc) is 2.77. The molecule has 0 bridgehead atoms. The lowest BCUT2D eigenvalue weighted by molar-refractivity contribution is 0.0600. The van der Waals surface area contributed by atoms with Gasteiger partial charge in [0.05, 0.1) is 19.2 Å². The molecule has 0 spiro atoms. The maximum Gasteiger partial charge on any atom is 0.337 e. The van der Waals surface area contributed by atoms with Gasteiger partial charge in [-0.15, -0.1) is 0 Å². The summed E-state index contributed by atoms with van der Waals surface area (Å²) in [4.78, 5) is 28.4. The van der Waals surface area contributed by atoms with Crippen LogP contribution >= 0.6 is 0 Å². The van der Waals surface area contributed by atoms with E-state index in [2.05, 4.69) is 0 Å². The van der Waals surface area contributed by atoms with Crippen LogP contribution in [0.2, 0.25) is 0 Å². The number of halogens is 1. The first-order valence-corrected chi connectivity index (χ1v) is 9.51. The topological polar surface area (TPSA) is 49.9 Å². The van der Waals surface area contributed by atoms with Crippen molar-refractivity contribution >= 4 is 17.7 Å². The van der Waals surface area contributed by atoms with Crippen LogP contribution in [-0.4, -0.2) is 37.1 Å². The smallest absolute Gasteiger partial charge is 0.337 e. The van der Waals surface area contributed by atoms with Gasteiger partial charge in [-0.2, -0.15) is 0 Å². The predicted molar refractivity (Wildman–Crippen MR) is 106 cm³/mol. The molecule has 2 aromatic rings. The van der Waals surface area contributed by atoms with Crippen molar-refractivity contribution in [1.29, 1.82) is 0 Å². The third-order valence-corrected chi connectivity index (χ3v) is 4.95. The maximum atomic E-state index is 13.2. The van der Waals surface area contributed by atoms with Crippen molar-refractivity contribution in [2.45, 2.75) is 32.5 Å². The summed E-state index contributed by atoms with van der Waals surface area (Å²) < 4.78 is 17.9. The van der Waals surface area contributed by atoms with Crippen LogP contribution < -0.4 is 4.90 Å². The van der Waals surface area contributed by atoms with Crippen LogP contribution in [-0.2, 0) is 18.0 Å². The van der Waals surface area contributed by atoms with Crippen molar-refractivity contribution in [1.82, 2.24) is 4.90 Å². The molecule has 3 rings (SSSR count). The van der Waals surface area contributed by atoms with Gasteiger partial charge in [0, 0.05) is 18.8 Å². The van der Waals surface area contributed by atoms with Crippen molar-refractivity contribution in [2.24, 2.45) is 0 Å². The van der Waals surface area contributed by atoms with Crippen LogP contribution in [0.15, 0.2) is 48.5 Å². The number of methoxy groups -OCH3 is 1. The largest absolute Gasteiger partial charge is 0.465 e. The van der Waals surface area contributed by atoms with E-state index in [9.17, 15) is 14.0 Å². The molecular formula is C22H25FN2O3. The first-order chi connectivity index (χ1) is 13.6. The summed E-state index contributed by atoms with van der Waals surface area (Å²) in [5.41, 5.74) is 2.54. The monoisotopic (exact) mass is 384 g/mol. The summed E-state index contributed by atoms with van der Waals surface area (Å²) in [6.07, 6.45) is 3.13. The first-order valence-electron chi connectivity index (χ1n) is 9.51. The van der Waals surface area contributed by atoms with Crippen molar-refractivity contribution in [3.8, 4) is 0 Å². The van der Waals surface area contributed by atoms with Crippen molar-refractivity contribution in [2.75, 3.05) is 25.1 Å². The number of anilines is 1. The quantitative estimate of drug-likeness (QED) is 0.711. The Labute approximate surface area is 164 Å². The van der Waals surface area contributed by atoms with Crippen LogP contribution in [0.3, 0.4) is 0 Å². The number of esters is 1. The normalized spacial score (nSPS) is 13.9. The van der Waals surface area contributed by atoms with Crippen LogP contribution in [0.25, 0.3) is 0 Å². The molecule has 0 atom stereocenters. The Hall–Kier alpha value is -2.89. The van der Waals surface area contributed by atoms with E-state index in [0.717, 1.165) is 37.9 Å². The summed E-state index contributed by atoms with van der Waals surface area (Å²) in [6.45, 7) is 1.23. The molecule has 0 aromatic heterocycles. The SMILES string of the molecule is COC(=O)c1ccc(CN(C(=O)N2CCCCC2)c2cccc(CF)c2)cc1. The van der Waals surface area contributed by atoms with Crippen LogP contribution in [0, 0.1) is 0 Å². The van der Waals surface area contributed by atoms with Gasteiger partial charge in [0.2, 0.25) is 0 Å². The number of alkyl halides is 1. The van der Waals surface area contributed by atoms with E-state index in [4.69, 9.17) is 4.74 Å². The van der Waals surface area contributed by atoms with Gasteiger partial charge >= 0.3 is 12.0 Å². The fourth-order valence-corrected chi connectivity index (χ4v) is 3.38. The molecule has 2 amide bonds. The highest BCUT2D eigenvalue weighted by atomic mass is 19.1. The number of nitrogens with zero attached hydrogens (tertiary/aromatic N) is 2. The van der Waals surface area contributed by atoms with Crippen molar-refractivity contribution < 1.29 is 18.7 Å². The van der Waals surface area contributed by atoms with Crippen LogP contribution in [0.1, 0.15) is 40.7 Å². The van der Waals surface area contributed by atoms with Crippen LogP contribution in [0.4, 0.5) is 14.9 Å². The molecule has 148 valence electrons. The number of likely N-dealkylation sites (tertiary alicyclic amines) is 1. The molecule has 1 aliphatic rings. The zero-order valence-electron chi connectivity index (χ0n) is 16.1. The second kappa shape index (κ2) is 9.35. The molecule has 0 radical (unpaired) electrons. The number of carbonyl (C=O) groups excluding carboxylic acids is 2. The van der Waals surface area contributed by atoms with E-state index >= 15 is 0 Å². The molecule has 28 heavy (non-hydrogen) atoms. The summed E-state index contributed by atoms with van der Waals surface area (Å²) >= 11 is 0. The van der Waals surface area contributed by atoms with E-state index in [1.54, 1.807) is 35.2 Å². The fourth-order valence-electron chi connectivity index (χ4n) is 3.38. The minimum atomic E-state index is -0.576. The Morgan fingerprint density at radius 3 is 2.39 bits per heavy atom. The van der Waals surface area contributed by atoms with Gasteiger partial charge in [0.25, 0.3) is 0 Å². The van der Waals surface area contributed by atoms with E-state index in [1.807, 2.05) is 23.1 Å². The predicted octanol–water partition coefficient (Wildman–Crippen LogP) is 4.56. The second-order valence-electron chi connectivity index (χ2n) is 6.91. The number of rotatable bonds is 5. The standard InChI is InChI=1S/C22H25FN2O3/c1-28-21(26)19-10-8-17(9-11-19)16-25(20-7-5-6-18(14-20)15-23)22(27)24-12-3-2-4-13-24/h5-11,14H,2-4,12-13,15-16H2,1H3. The molecular weight excluding hydrogens is 359 g/mol. The molecule has 1 heterocycles. The summed E-state index contributed by atoms with van der Waals surface area (Å²) in [7, 11) is 1.34. The van der Waals surface area contributed by atoms with Gasteiger partial charge in [0.1, 0.15) is 6.67 Å². The third kappa shape index (κ3) is 4.68. The van der Waals surface area contributed by atoms with Gasteiger partial charge in [0.15, 0.2) is 0 Å². The minimum Gasteiger partial charge on any atom is -0.465 e. The number of urea groups is 1. The number of benzene rings is 2. The van der Waals surface area contributed by atoms with E-state index in [1.165, 1.54) is 7.11 Å². The summed E-state index contributed by atoms with van der Waals surface area (Å²) in [6, 6.07) is 13.9. The molecule has 0 saturated carbocycles. The van der Waals surface area contributed by atoms with Crippen molar-refractivity contribution in [3.05, 3.63) is 65.2 Å². The Bertz CT molecular complexity index is 817. The lowest BCUT2D eigenvalue weighted by Crippen LogP contribution is -2.45. The van der Waals surface area contributed by atoms with Crippen molar-refractivity contribution in [3.63, 3.8) is 0 Å². The molecule has 0 unspecified atom stereocenters. The molecule has 5 nitrogen and oxygen atoms in total. The average molecular weight is 384 g/mol. The Morgan fingerprint density at radius 2 is 1.75 bits per heavy atom. The first kappa shape index (κ1) is 19.9. The van der Waals surface area contributed by atoms with Gasteiger partial charge in [-0.25, -0.2) is 14.0 Å². The molecule has 0 aliphatic carbocycles. The summed E-state index contributed by atoms with van der Waals surface area (Å²) in [5, 5.41) is 0. The zero-order chi connectivity index (χ0) is 19.9. The molecule has 2 aromatic carbocycles. The van der Waals surface area contributed by atoms with E-state index in [-0.39, 0.29) is 6.03 Å². The second-order valence-corrected chi connectivity index (χ2v) is 6.91. The number of amides is 2. The molecule has 1 aliphatic heterocycles. The Kier molecular flexibility index (Phi) is 6.63. The maximum absolute atomic E-state index is 13.2. The molecule has 1 fully saturated rings. The molecule has 1 saturated heterocycles. The number of hydrogen-bond acceptors (Lipinski definition) is 3. The lowest BCUT2D eigenvalue weighted by Gasteiger charge is -2.33. The van der Waals surface area contributed by atoms with E-state index in [0.29, 0.717) is 23.4 Å². The van der Waals surface area contributed by atoms with Gasteiger partial charge in [-0.05, 0) is 54.7 Å². The molecule has 6 heteroatoms. The number of ether oxygens (including phenoxy) is 1. The zero-order valence-corrected chi connectivity index (χ0v) is 16.1. The third-order valence-electron chi connectivity index (χ3n) is 4.95. The highest BCUT2D eigenvalue weighted by Crippen LogP contribution is 2.23. The van der Waals surface area contributed by atoms with Crippen LogP contribution in [0.5, 0.6) is 0 Å². The highest BCUT2D eigenvalue weighted by Gasteiger charge is 2.24. The summed E-state index contributed by atoms with van der Waals surface area (Å²) in [5.74, 6) is -0.400. The van der Waals surface area contributed by atoms with Gasteiger partial charge in [-0.3, -0.25) is 4.90 Å². The van der Waals surface area contributed by atoms with Gasteiger partial charge < -0.3 is 9.64 Å². The number of piperidine rings is 1. The number of carbonyl (C=O) groups is 2. The van der Waals surface area contributed by atoms with Gasteiger partial charge in [-0.1, -0.05) is 24.3 Å². The lowest BCUT2D eigenvalue weighted by atomic mass is 10.1. The Balaban J connectivity index is 1.86. The number of hydrogen-bond donors (Lipinski definition) is 0. The minimum absolute atomic E-state index is 0.0762. The molecule has 0 N–H and O–H groups in total. The Morgan fingerprint density at radius 1 is 1.04 bits per heavy atom. The fraction of sp³-hybridized carbons (Fsp3) is 0.364. The highest BCUT2D eigenvalue weighted by molar-refractivity contribution is 5.92. The van der Waals surface area contributed by atoms with E-state index < -0.39 is 12.6 Å².